The number of nitrogens with one attached hydrogen (secondary N) is 1. The smallest absolute Gasteiger partial charge is 0.262 e. The number of phenolic OH excluding ortho intramolecular Hbond substituents is 1. The van der Waals surface area contributed by atoms with Crippen LogP contribution in [0.3, 0.4) is 0 Å². The predicted octanol–water partition coefficient (Wildman–Crippen LogP) is 5.33. The van der Waals surface area contributed by atoms with Crippen LogP contribution in [-0.2, 0) is 16.0 Å². The number of aromatic nitrogens is 3. The van der Waals surface area contributed by atoms with E-state index in [0.717, 1.165) is 38.0 Å². The van der Waals surface area contributed by atoms with Gasteiger partial charge in [-0.15, -0.1) is 11.3 Å². The highest BCUT2D eigenvalue weighted by Crippen LogP contribution is 2.52. The van der Waals surface area contributed by atoms with Gasteiger partial charge in [0.25, 0.3) is 5.91 Å². The van der Waals surface area contributed by atoms with Crippen molar-refractivity contribution in [2.75, 3.05) is 43.2 Å². The number of phenols is 1. The summed E-state index contributed by atoms with van der Waals surface area (Å²) in [4.78, 5) is 44.7. The summed E-state index contributed by atoms with van der Waals surface area (Å²) in [6, 6.07) is 9.39. The molecule has 262 valence electrons. The lowest BCUT2D eigenvalue weighted by Gasteiger charge is -2.42. The van der Waals surface area contributed by atoms with Crippen molar-refractivity contribution >= 4 is 69.4 Å². The number of thiazole rings is 1. The molecule has 4 aromatic rings. The molecule has 1 fully saturated rings. The third-order valence-corrected chi connectivity index (χ3v) is 12.1. The molecule has 7 rings (SSSR count). The lowest BCUT2D eigenvalue weighted by Crippen LogP contribution is -2.44. The molecule has 0 radical (unpaired) electrons. The van der Waals surface area contributed by atoms with E-state index in [1.165, 1.54) is 54.0 Å². The van der Waals surface area contributed by atoms with Crippen LogP contribution >= 0.6 is 34.7 Å². The Bertz CT molecular complexity index is 2170. The first-order valence-electron chi connectivity index (χ1n) is 15.9. The Morgan fingerprint density at radius 2 is 2.00 bits per heavy atom. The summed E-state index contributed by atoms with van der Waals surface area (Å²) >= 11 is 9.61. The molecular weight excluding hydrogens is 712 g/mol. The number of piperidine rings is 1. The van der Waals surface area contributed by atoms with E-state index in [9.17, 15) is 19.8 Å². The number of rotatable bonds is 7. The number of ether oxygens (including phenoxy) is 1. The molecule has 1 aliphatic carbocycles. The number of benzene rings is 2. The Kier molecular flexibility index (Phi) is 9.16. The number of likely N-dealkylation sites (N-methyl/N-ethyl adjacent to an activating group) is 1. The van der Waals surface area contributed by atoms with Crippen molar-refractivity contribution in [3.8, 4) is 11.5 Å². The van der Waals surface area contributed by atoms with Gasteiger partial charge in [0.05, 0.1) is 35.2 Å². The number of carbonyl (C=O) groups excluding carboxylic acids is 2. The van der Waals surface area contributed by atoms with Crippen LogP contribution in [0.15, 0.2) is 81.3 Å². The quantitative estimate of drug-likeness (QED) is 0.153. The van der Waals surface area contributed by atoms with E-state index < -0.39 is 11.7 Å². The summed E-state index contributed by atoms with van der Waals surface area (Å²) in [6.07, 6.45) is 5.88. The van der Waals surface area contributed by atoms with Crippen LogP contribution in [0.2, 0.25) is 5.02 Å². The Morgan fingerprint density at radius 1 is 1.22 bits per heavy atom. The van der Waals surface area contributed by atoms with Gasteiger partial charge in [-0.1, -0.05) is 29.4 Å². The fraction of sp³-hybridized carbons (Fsp3) is 0.257. The number of aliphatic hydroxyl groups is 1. The van der Waals surface area contributed by atoms with Gasteiger partial charge in [0.2, 0.25) is 0 Å². The maximum Gasteiger partial charge on any atom is 0.262 e. The third kappa shape index (κ3) is 6.28. The zero-order valence-corrected chi connectivity index (χ0v) is 29.9. The standard InChI is InChI=1S/C35H33ClN8O5S2/c1-43-15-21(18-10-19(46)12-20(11-18)49-2)29(47)27(24(43)16-45)33(48)41-22-4-3-5-25(28(22)36)51-34-32(38)42-26(14-39-34)44-8-6-35(7-9-44)13-23-30(31(35)37)50-17-40-23/h3-5,10-12,14-15,17,31,46-47H,6-9,13,37H2,1-2H3,(H2,38,42)(H,41,48)/t31-/m1/s1. The van der Waals surface area contributed by atoms with E-state index in [0.29, 0.717) is 27.1 Å². The molecule has 3 aliphatic rings. The van der Waals surface area contributed by atoms with Crippen molar-refractivity contribution in [3.63, 3.8) is 0 Å². The molecule has 13 nitrogen and oxygen atoms in total. The molecule has 16 heteroatoms. The van der Waals surface area contributed by atoms with Gasteiger partial charge in [0, 0.05) is 53.8 Å². The van der Waals surface area contributed by atoms with Gasteiger partial charge in [-0.25, -0.2) is 19.7 Å². The average Bonchev–Trinajstić information content (AvgIpc) is 3.67. The Morgan fingerprint density at radius 3 is 2.71 bits per heavy atom. The molecule has 0 bridgehead atoms. The molecule has 4 heterocycles. The summed E-state index contributed by atoms with van der Waals surface area (Å²) in [5.41, 5.74) is 16.3. The van der Waals surface area contributed by atoms with Crippen LogP contribution in [0.4, 0.5) is 17.3 Å². The fourth-order valence-electron chi connectivity index (χ4n) is 6.79. The Balaban J connectivity index is 1.07. The van der Waals surface area contributed by atoms with Crippen molar-refractivity contribution in [2.45, 2.75) is 35.2 Å². The topological polar surface area (TPSA) is 193 Å². The van der Waals surface area contributed by atoms with Crippen molar-refractivity contribution < 1.29 is 24.5 Å². The van der Waals surface area contributed by atoms with Gasteiger partial charge in [-0.2, -0.15) is 0 Å². The molecular formula is C35H33ClN8O5S2. The monoisotopic (exact) mass is 744 g/mol. The first-order chi connectivity index (χ1) is 24.5. The number of allylic oxidation sites excluding steroid dienone is 1. The van der Waals surface area contributed by atoms with E-state index in [-0.39, 0.29) is 50.6 Å². The van der Waals surface area contributed by atoms with E-state index in [4.69, 9.17) is 27.8 Å². The predicted molar refractivity (Wildman–Crippen MR) is 197 cm³/mol. The van der Waals surface area contributed by atoms with E-state index in [1.54, 1.807) is 47.7 Å². The third-order valence-electron chi connectivity index (χ3n) is 9.55. The molecule has 51 heavy (non-hydrogen) atoms. The van der Waals surface area contributed by atoms with Crippen LogP contribution in [0, 0.1) is 5.41 Å². The number of nitrogens with two attached hydrogens (primary N) is 2. The average molecular weight is 745 g/mol. The van der Waals surface area contributed by atoms with Crippen LogP contribution in [0.1, 0.15) is 35.0 Å². The van der Waals surface area contributed by atoms with Gasteiger partial charge >= 0.3 is 0 Å². The maximum atomic E-state index is 13.7. The first kappa shape index (κ1) is 34.4. The fourth-order valence-corrected chi connectivity index (χ4v) is 8.84. The molecule has 1 amide bonds. The van der Waals surface area contributed by atoms with Crippen molar-refractivity contribution in [3.05, 3.63) is 92.5 Å². The summed E-state index contributed by atoms with van der Waals surface area (Å²) in [6.45, 7) is 1.55. The summed E-state index contributed by atoms with van der Waals surface area (Å²) < 4.78 is 5.23. The number of aliphatic hydroxyl groups excluding tert-OH is 1. The number of halogens is 1. The lowest BCUT2D eigenvalue weighted by atomic mass is 9.74. The molecule has 1 atom stereocenters. The number of nitrogens with zero attached hydrogens (tertiary/aromatic N) is 5. The first-order valence-corrected chi connectivity index (χ1v) is 17.9. The van der Waals surface area contributed by atoms with Crippen LogP contribution in [0.5, 0.6) is 11.5 Å². The molecule has 0 unspecified atom stereocenters. The van der Waals surface area contributed by atoms with Crippen molar-refractivity contribution in [1.82, 2.24) is 19.9 Å². The molecule has 0 saturated carbocycles. The van der Waals surface area contributed by atoms with Gasteiger partial charge in [0.15, 0.2) is 11.8 Å². The SMILES string of the molecule is COc1cc(O)cc(C2=CN(C)C(=C=O)C(C(=O)Nc3cccc(Sc4ncc(N5CCC6(CC5)Cc5ncsc5[C@H]6N)nc4N)c3Cl)=C2O)c1. The number of hydrogen-bond donors (Lipinski definition) is 5. The number of anilines is 3. The Hall–Kier alpha value is -5.05. The summed E-state index contributed by atoms with van der Waals surface area (Å²) in [5.74, 6) is 1.56. The molecule has 1 spiro atoms. The maximum absolute atomic E-state index is 13.7. The van der Waals surface area contributed by atoms with Gasteiger partial charge < -0.3 is 41.5 Å². The highest BCUT2D eigenvalue weighted by atomic mass is 35.5. The largest absolute Gasteiger partial charge is 0.508 e. The molecule has 2 aliphatic heterocycles. The van der Waals surface area contributed by atoms with Gasteiger partial charge in [-0.3, -0.25) is 4.79 Å². The van der Waals surface area contributed by atoms with Crippen LogP contribution in [0.25, 0.3) is 5.57 Å². The van der Waals surface area contributed by atoms with Crippen molar-refractivity contribution in [1.29, 1.82) is 0 Å². The lowest BCUT2D eigenvalue weighted by molar-refractivity contribution is -0.112. The van der Waals surface area contributed by atoms with E-state index in [2.05, 4.69) is 25.2 Å². The second-order valence-corrected chi connectivity index (χ2v) is 14.8. The molecule has 2 aromatic heterocycles. The highest BCUT2D eigenvalue weighted by molar-refractivity contribution is 7.99. The summed E-state index contributed by atoms with van der Waals surface area (Å²) in [5, 5.41) is 24.8. The number of nitrogen functional groups attached to an aromatic ring is 1. The minimum absolute atomic E-state index is 0.000882. The minimum atomic E-state index is -0.808. The van der Waals surface area contributed by atoms with Crippen molar-refractivity contribution in [2.24, 2.45) is 11.1 Å². The normalized spacial score (nSPS) is 18.1. The van der Waals surface area contributed by atoms with Gasteiger partial charge in [0.1, 0.15) is 39.4 Å². The number of carbonyl (C=O) groups is 1. The number of hydrogen-bond acceptors (Lipinski definition) is 14. The number of amides is 1. The second kappa shape index (κ2) is 13.6. The van der Waals surface area contributed by atoms with Crippen LogP contribution < -0.4 is 26.4 Å². The number of aromatic hydroxyl groups is 1. The Labute approximate surface area is 306 Å². The molecule has 2 aromatic carbocycles. The minimum Gasteiger partial charge on any atom is -0.508 e. The molecule has 7 N–H and O–H groups in total. The van der Waals surface area contributed by atoms with Crippen LogP contribution in [-0.4, -0.2) is 69.2 Å². The highest BCUT2D eigenvalue weighted by Gasteiger charge is 2.47. The molecule has 1 saturated heterocycles. The van der Waals surface area contributed by atoms with Gasteiger partial charge in [-0.05, 0) is 54.5 Å². The summed E-state index contributed by atoms with van der Waals surface area (Å²) in [7, 11) is 2.97. The zero-order valence-electron chi connectivity index (χ0n) is 27.5. The second-order valence-electron chi connectivity index (χ2n) is 12.5. The zero-order chi connectivity index (χ0) is 36.0. The van der Waals surface area contributed by atoms with E-state index >= 15 is 0 Å². The number of fused-ring (bicyclic) bond motifs is 1. The number of methoxy groups -OCH3 is 1. The van der Waals surface area contributed by atoms with E-state index in [1.807, 2.05) is 5.51 Å².